The second-order valence-corrected chi connectivity index (χ2v) is 7.67. The topological polar surface area (TPSA) is 112 Å². The molecule has 33 heavy (non-hydrogen) atoms. The number of rotatable bonds is 4. The largest absolute Gasteiger partial charge is 0.357 e. The molecule has 1 aliphatic rings. The lowest BCUT2D eigenvalue weighted by atomic mass is 10.1. The van der Waals surface area contributed by atoms with Crippen molar-refractivity contribution in [2.45, 2.75) is 0 Å². The second-order valence-electron chi connectivity index (χ2n) is 7.67. The molecule has 0 atom stereocenters. The summed E-state index contributed by atoms with van der Waals surface area (Å²) in [6, 6.07) is 12.7. The van der Waals surface area contributed by atoms with Crippen molar-refractivity contribution in [2.24, 2.45) is 0 Å². The number of carbonyl (C=O) groups excluding carboxylic acids is 3. The van der Waals surface area contributed by atoms with Crippen LogP contribution in [0.4, 0.5) is 0 Å². The molecular formula is C24H20N6O3. The van der Waals surface area contributed by atoms with Crippen molar-refractivity contribution in [3.63, 3.8) is 0 Å². The van der Waals surface area contributed by atoms with Gasteiger partial charge in [-0.1, -0.05) is 18.2 Å². The zero-order valence-corrected chi connectivity index (χ0v) is 17.6. The molecule has 0 aliphatic carbocycles. The molecular weight excluding hydrogens is 420 g/mol. The number of benzene rings is 1. The average molecular weight is 440 g/mol. The van der Waals surface area contributed by atoms with Gasteiger partial charge in [0.25, 0.3) is 17.6 Å². The predicted molar refractivity (Wildman–Crippen MR) is 120 cm³/mol. The van der Waals surface area contributed by atoms with Crippen molar-refractivity contribution in [3.8, 4) is 11.3 Å². The number of pyridine rings is 1. The third-order valence-corrected chi connectivity index (χ3v) is 5.71. The Morgan fingerprint density at radius 2 is 1.64 bits per heavy atom. The Hall–Kier alpha value is -4.40. The van der Waals surface area contributed by atoms with Crippen LogP contribution in [0.25, 0.3) is 22.3 Å². The lowest BCUT2D eigenvalue weighted by molar-refractivity contribution is -0.127. The van der Waals surface area contributed by atoms with E-state index in [9.17, 15) is 14.4 Å². The number of Topliss-reactive ketones (excluding diaryl/α,β-unsaturated/α-hetero) is 1. The Balaban J connectivity index is 1.31. The highest BCUT2D eigenvalue weighted by atomic mass is 16.2. The molecule has 1 aliphatic heterocycles. The van der Waals surface area contributed by atoms with Gasteiger partial charge < -0.3 is 14.8 Å². The number of hydrogen-bond donors (Lipinski definition) is 1. The molecule has 0 radical (unpaired) electrons. The van der Waals surface area contributed by atoms with E-state index >= 15 is 0 Å². The first-order chi connectivity index (χ1) is 16.1. The van der Waals surface area contributed by atoms with Crippen LogP contribution in [0.5, 0.6) is 0 Å². The Kier molecular flexibility index (Phi) is 5.35. The fraction of sp³-hybridized carbons (Fsp3) is 0.167. The molecule has 0 unspecified atom stereocenters. The number of H-pyrrole nitrogens is 1. The summed E-state index contributed by atoms with van der Waals surface area (Å²) in [7, 11) is 0. The van der Waals surface area contributed by atoms with Crippen molar-refractivity contribution in [1.82, 2.24) is 29.7 Å². The van der Waals surface area contributed by atoms with Crippen molar-refractivity contribution in [1.29, 1.82) is 0 Å². The third-order valence-electron chi connectivity index (χ3n) is 5.71. The van der Waals surface area contributed by atoms with Crippen LogP contribution in [0.3, 0.4) is 0 Å². The number of nitrogens with zero attached hydrogens (tertiary/aromatic N) is 5. The van der Waals surface area contributed by atoms with E-state index in [1.54, 1.807) is 35.5 Å². The maximum atomic E-state index is 13.0. The van der Waals surface area contributed by atoms with Gasteiger partial charge in [0, 0.05) is 55.9 Å². The highest BCUT2D eigenvalue weighted by Crippen LogP contribution is 2.26. The molecule has 4 aromatic rings. The predicted octanol–water partition coefficient (Wildman–Crippen LogP) is 2.19. The standard InChI is InChI=1S/C24H20N6O3/c31-22(18-14-26-21-19(27-15-28-20(18)21)17-7-4-8-25-13-17)24(33)30-11-9-29(10-12-30)23(32)16-5-2-1-3-6-16/h1-8,13-15,26H,9-12H2. The molecule has 164 valence electrons. The molecule has 0 spiro atoms. The quantitative estimate of drug-likeness (QED) is 0.385. The molecule has 1 fully saturated rings. The Morgan fingerprint density at radius 3 is 2.36 bits per heavy atom. The molecule has 9 heteroatoms. The molecule has 1 N–H and O–H groups in total. The van der Waals surface area contributed by atoms with E-state index in [0.29, 0.717) is 48.5 Å². The first-order valence-electron chi connectivity index (χ1n) is 10.5. The normalized spacial score (nSPS) is 13.8. The molecule has 1 saturated heterocycles. The average Bonchev–Trinajstić information content (AvgIpc) is 3.33. The van der Waals surface area contributed by atoms with Gasteiger partial charge >= 0.3 is 0 Å². The molecule has 0 bridgehead atoms. The summed E-state index contributed by atoms with van der Waals surface area (Å²) in [6.07, 6.45) is 6.20. The van der Waals surface area contributed by atoms with Crippen molar-refractivity contribution in [2.75, 3.05) is 26.2 Å². The van der Waals surface area contributed by atoms with E-state index < -0.39 is 11.7 Å². The SMILES string of the molecule is O=C(C(=O)N1CCN(C(=O)c2ccccc2)CC1)c1c[nH]c2c(-c3cccnc3)ncnc12. The first-order valence-corrected chi connectivity index (χ1v) is 10.5. The number of carbonyl (C=O) groups is 3. The monoisotopic (exact) mass is 440 g/mol. The van der Waals surface area contributed by atoms with Crippen LogP contribution in [-0.4, -0.2) is 73.5 Å². The summed E-state index contributed by atoms with van der Waals surface area (Å²) < 4.78 is 0. The summed E-state index contributed by atoms with van der Waals surface area (Å²) in [4.78, 5) is 57.5. The lowest BCUT2D eigenvalue weighted by Gasteiger charge is -2.34. The smallest absolute Gasteiger partial charge is 0.295 e. The molecule has 5 rings (SSSR count). The van der Waals surface area contributed by atoms with Crippen molar-refractivity contribution in [3.05, 3.63) is 78.5 Å². The Labute approximate surface area is 189 Å². The number of hydrogen-bond acceptors (Lipinski definition) is 6. The highest BCUT2D eigenvalue weighted by Gasteiger charge is 2.30. The fourth-order valence-electron chi connectivity index (χ4n) is 3.97. The minimum absolute atomic E-state index is 0.0784. The van der Waals surface area contributed by atoms with Crippen molar-refractivity contribution < 1.29 is 14.4 Å². The van der Waals surface area contributed by atoms with Gasteiger partial charge in [0.15, 0.2) is 0 Å². The van der Waals surface area contributed by atoms with Crippen LogP contribution in [-0.2, 0) is 4.79 Å². The van der Waals surface area contributed by atoms with Gasteiger partial charge in [0.1, 0.15) is 11.8 Å². The number of fused-ring (bicyclic) bond motifs is 1. The molecule has 4 heterocycles. The van der Waals surface area contributed by atoms with Crippen LogP contribution >= 0.6 is 0 Å². The summed E-state index contributed by atoms with van der Waals surface area (Å²) in [6.45, 7) is 1.32. The highest BCUT2D eigenvalue weighted by molar-refractivity contribution is 6.44. The van der Waals surface area contributed by atoms with Gasteiger partial charge in [-0.3, -0.25) is 19.4 Å². The third kappa shape index (κ3) is 3.84. The molecule has 3 aromatic heterocycles. The summed E-state index contributed by atoms with van der Waals surface area (Å²) in [5.74, 6) is -1.32. The van der Waals surface area contributed by atoms with E-state index in [2.05, 4.69) is 19.9 Å². The van der Waals surface area contributed by atoms with Crippen LogP contribution in [0.2, 0.25) is 0 Å². The number of piperazine rings is 1. The summed E-state index contributed by atoms with van der Waals surface area (Å²) in [5, 5.41) is 0. The number of ketones is 1. The number of amides is 2. The molecule has 1 aromatic carbocycles. The van der Waals surface area contributed by atoms with Gasteiger partial charge in [-0.25, -0.2) is 9.97 Å². The van der Waals surface area contributed by atoms with Crippen LogP contribution in [0, 0.1) is 0 Å². The van der Waals surface area contributed by atoms with E-state index in [1.807, 2.05) is 24.3 Å². The minimum Gasteiger partial charge on any atom is -0.357 e. The van der Waals surface area contributed by atoms with E-state index in [-0.39, 0.29) is 11.5 Å². The molecule has 9 nitrogen and oxygen atoms in total. The maximum Gasteiger partial charge on any atom is 0.295 e. The first kappa shape index (κ1) is 20.5. The Bertz CT molecular complexity index is 1330. The zero-order chi connectivity index (χ0) is 22.8. The summed E-state index contributed by atoms with van der Waals surface area (Å²) in [5.41, 5.74) is 3.14. The van der Waals surface area contributed by atoms with Gasteiger partial charge in [-0.2, -0.15) is 0 Å². The molecule has 0 saturated carbocycles. The van der Waals surface area contributed by atoms with Crippen LogP contribution in [0.15, 0.2) is 67.4 Å². The summed E-state index contributed by atoms with van der Waals surface area (Å²) >= 11 is 0. The lowest BCUT2D eigenvalue weighted by Crippen LogP contribution is -2.52. The van der Waals surface area contributed by atoms with Crippen molar-refractivity contribution >= 4 is 28.6 Å². The minimum atomic E-state index is -0.639. The fourth-order valence-corrected chi connectivity index (χ4v) is 3.97. The van der Waals surface area contributed by atoms with E-state index in [4.69, 9.17) is 0 Å². The van der Waals surface area contributed by atoms with Crippen LogP contribution < -0.4 is 0 Å². The van der Waals surface area contributed by atoms with Gasteiger partial charge in [0.2, 0.25) is 0 Å². The van der Waals surface area contributed by atoms with Gasteiger partial charge in [-0.05, 0) is 24.3 Å². The van der Waals surface area contributed by atoms with Crippen LogP contribution in [0.1, 0.15) is 20.7 Å². The number of nitrogens with one attached hydrogen (secondary N) is 1. The maximum absolute atomic E-state index is 13.0. The number of aromatic amines is 1. The second kappa shape index (κ2) is 8.62. The van der Waals surface area contributed by atoms with Gasteiger partial charge in [-0.15, -0.1) is 0 Å². The van der Waals surface area contributed by atoms with E-state index in [1.165, 1.54) is 17.4 Å². The van der Waals surface area contributed by atoms with Gasteiger partial charge in [0.05, 0.1) is 16.8 Å². The number of aromatic nitrogens is 4. The Morgan fingerprint density at radius 1 is 0.879 bits per heavy atom. The zero-order valence-electron chi connectivity index (χ0n) is 17.6. The van der Waals surface area contributed by atoms with E-state index in [0.717, 1.165) is 5.56 Å². The molecule has 2 amide bonds.